The van der Waals surface area contributed by atoms with Crippen LogP contribution < -0.4 is 15.0 Å². The van der Waals surface area contributed by atoms with E-state index in [1.54, 1.807) is 13.3 Å². The Morgan fingerprint density at radius 1 is 1.15 bits per heavy atom. The fraction of sp³-hybridized carbons (Fsp3) is 0.182. The van der Waals surface area contributed by atoms with E-state index in [-0.39, 0.29) is 11.9 Å². The number of rotatable bonds is 4. The number of nitrogens with one attached hydrogen (secondary N) is 1. The molecule has 2 heterocycles. The van der Waals surface area contributed by atoms with Crippen molar-refractivity contribution in [2.75, 3.05) is 17.3 Å². The van der Waals surface area contributed by atoms with E-state index in [0.717, 1.165) is 23.5 Å². The van der Waals surface area contributed by atoms with E-state index in [2.05, 4.69) is 23.3 Å². The largest absolute Gasteiger partial charge is 0.497 e. The van der Waals surface area contributed by atoms with Crippen molar-refractivity contribution < 1.29 is 9.53 Å². The lowest BCUT2D eigenvalue weighted by atomic mass is 10.1. The van der Waals surface area contributed by atoms with Gasteiger partial charge in [0.1, 0.15) is 11.6 Å². The molecule has 0 spiro atoms. The van der Waals surface area contributed by atoms with Gasteiger partial charge >= 0.3 is 0 Å². The molecule has 1 unspecified atom stereocenters. The summed E-state index contributed by atoms with van der Waals surface area (Å²) in [4.78, 5) is 19.3. The van der Waals surface area contributed by atoms with Crippen molar-refractivity contribution in [1.82, 2.24) is 4.98 Å². The molecular weight excluding hydrogens is 338 g/mol. The van der Waals surface area contributed by atoms with Crippen molar-refractivity contribution in [1.29, 1.82) is 0 Å². The number of amides is 1. The summed E-state index contributed by atoms with van der Waals surface area (Å²) in [5, 5.41) is 3.22. The maximum atomic E-state index is 13.0. The van der Waals surface area contributed by atoms with Gasteiger partial charge in [-0.25, -0.2) is 4.98 Å². The summed E-state index contributed by atoms with van der Waals surface area (Å²) < 4.78 is 5.23. The zero-order chi connectivity index (χ0) is 18.8. The van der Waals surface area contributed by atoms with Crippen molar-refractivity contribution in [2.24, 2.45) is 0 Å². The standard InChI is InChI=1S/C22H21N3O2/c1-15-12-16-6-3-4-9-20(16)25(15)22(26)17-10-11-21(23-14-17)24-18-7-5-8-19(13-18)27-2/h3-11,13-15H,12H2,1-2H3,(H,23,24). The van der Waals surface area contributed by atoms with Crippen LogP contribution in [0.25, 0.3) is 0 Å². The molecule has 1 aliphatic heterocycles. The van der Waals surface area contributed by atoms with Gasteiger partial charge in [0.15, 0.2) is 0 Å². The Labute approximate surface area is 158 Å². The van der Waals surface area contributed by atoms with E-state index in [0.29, 0.717) is 11.4 Å². The van der Waals surface area contributed by atoms with E-state index in [1.807, 2.05) is 59.5 Å². The number of pyridine rings is 1. The highest BCUT2D eigenvalue weighted by atomic mass is 16.5. The van der Waals surface area contributed by atoms with Gasteiger partial charge in [-0.05, 0) is 49.2 Å². The van der Waals surface area contributed by atoms with E-state index in [4.69, 9.17) is 4.74 Å². The average Bonchev–Trinajstić information content (AvgIpc) is 3.04. The third-order valence-corrected chi connectivity index (χ3v) is 4.78. The second-order valence-electron chi connectivity index (χ2n) is 6.65. The van der Waals surface area contributed by atoms with Crippen LogP contribution in [0.2, 0.25) is 0 Å². The Morgan fingerprint density at radius 2 is 2.00 bits per heavy atom. The Hall–Kier alpha value is -3.34. The van der Waals surface area contributed by atoms with Gasteiger partial charge in [-0.3, -0.25) is 4.79 Å². The van der Waals surface area contributed by atoms with Gasteiger partial charge < -0.3 is 15.0 Å². The number of benzene rings is 2. The molecule has 1 amide bonds. The lowest BCUT2D eigenvalue weighted by Gasteiger charge is -2.22. The smallest absolute Gasteiger partial charge is 0.260 e. The Balaban J connectivity index is 1.53. The van der Waals surface area contributed by atoms with Gasteiger partial charge in [0.2, 0.25) is 0 Å². The van der Waals surface area contributed by atoms with Crippen LogP contribution >= 0.6 is 0 Å². The monoisotopic (exact) mass is 359 g/mol. The maximum absolute atomic E-state index is 13.0. The van der Waals surface area contributed by atoms with Crippen LogP contribution in [0.3, 0.4) is 0 Å². The van der Waals surface area contributed by atoms with Crippen LogP contribution in [0.5, 0.6) is 5.75 Å². The topological polar surface area (TPSA) is 54.5 Å². The molecule has 0 fully saturated rings. The molecule has 0 saturated heterocycles. The number of para-hydroxylation sites is 1. The minimum atomic E-state index is -0.0205. The molecule has 0 radical (unpaired) electrons. The molecule has 27 heavy (non-hydrogen) atoms. The molecule has 3 aromatic rings. The molecule has 1 N–H and O–H groups in total. The number of carbonyl (C=O) groups excluding carboxylic acids is 1. The third-order valence-electron chi connectivity index (χ3n) is 4.78. The van der Waals surface area contributed by atoms with Crippen molar-refractivity contribution in [2.45, 2.75) is 19.4 Å². The van der Waals surface area contributed by atoms with E-state index in [9.17, 15) is 4.79 Å². The number of ether oxygens (including phenoxy) is 1. The van der Waals surface area contributed by atoms with Crippen molar-refractivity contribution in [3.63, 3.8) is 0 Å². The van der Waals surface area contributed by atoms with Crippen molar-refractivity contribution >= 4 is 23.1 Å². The zero-order valence-corrected chi connectivity index (χ0v) is 15.3. The van der Waals surface area contributed by atoms with Gasteiger partial charge in [-0.1, -0.05) is 24.3 Å². The number of hydrogen-bond donors (Lipinski definition) is 1. The van der Waals surface area contributed by atoms with E-state index in [1.165, 1.54) is 5.56 Å². The second-order valence-corrected chi connectivity index (χ2v) is 6.65. The highest BCUT2D eigenvalue weighted by molar-refractivity contribution is 6.07. The predicted molar refractivity (Wildman–Crippen MR) is 107 cm³/mol. The first-order chi connectivity index (χ1) is 13.2. The lowest BCUT2D eigenvalue weighted by Crippen LogP contribution is -2.35. The van der Waals surface area contributed by atoms with Crippen LogP contribution in [0.1, 0.15) is 22.8 Å². The molecule has 1 atom stereocenters. The van der Waals surface area contributed by atoms with E-state index < -0.39 is 0 Å². The van der Waals surface area contributed by atoms with Crippen LogP contribution in [-0.2, 0) is 6.42 Å². The Kier molecular flexibility index (Phi) is 4.50. The summed E-state index contributed by atoms with van der Waals surface area (Å²) in [6.45, 7) is 2.07. The van der Waals surface area contributed by atoms with Gasteiger partial charge in [-0.2, -0.15) is 0 Å². The van der Waals surface area contributed by atoms with Gasteiger partial charge in [0.05, 0.1) is 12.7 Å². The van der Waals surface area contributed by atoms with Crippen molar-refractivity contribution in [3.05, 3.63) is 78.0 Å². The summed E-state index contributed by atoms with van der Waals surface area (Å²) in [7, 11) is 1.63. The van der Waals surface area contributed by atoms with Crippen LogP contribution in [0.4, 0.5) is 17.2 Å². The Bertz CT molecular complexity index is 969. The summed E-state index contributed by atoms with van der Waals surface area (Å²) >= 11 is 0. The number of nitrogens with zero attached hydrogens (tertiary/aromatic N) is 2. The second kappa shape index (κ2) is 7.11. The molecule has 1 aliphatic rings. The molecule has 0 aliphatic carbocycles. The third kappa shape index (κ3) is 3.36. The fourth-order valence-electron chi connectivity index (χ4n) is 3.46. The molecule has 5 nitrogen and oxygen atoms in total. The van der Waals surface area contributed by atoms with Crippen LogP contribution in [0, 0.1) is 0 Å². The molecule has 0 saturated carbocycles. The van der Waals surface area contributed by atoms with Crippen LogP contribution in [-0.4, -0.2) is 24.0 Å². The van der Waals surface area contributed by atoms with Gasteiger partial charge in [-0.15, -0.1) is 0 Å². The summed E-state index contributed by atoms with van der Waals surface area (Å²) in [5.74, 6) is 1.43. The predicted octanol–water partition coefficient (Wildman–Crippen LogP) is 4.43. The number of methoxy groups -OCH3 is 1. The molecular formula is C22H21N3O2. The number of anilines is 3. The molecule has 136 valence electrons. The highest BCUT2D eigenvalue weighted by Crippen LogP contribution is 2.33. The minimum Gasteiger partial charge on any atom is -0.497 e. The molecule has 1 aromatic heterocycles. The average molecular weight is 359 g/mol. The molecule has 4 rings (SSSR count). The van der Waals surface area contributed by atoms with Crippen LogP contribution in [0.15, 0.2) is 66.9 Å². The number of hydrogen-bond acceptors (Lipinski definition) is 4. The molecule has 5 heteroatoms. The fourth-order valence-corrected chi connectivity index (χ4v) is 3.46. The SMILES string of the molecule is COc1cccc(Nc2ccc(C(=O)N3c4ccccc4CC3C)cn2)c1. The molecule has 2 aromatic carbocycles. The summed E-state index contributed by atoms with van der Waals surface area (Å²) in [6.07, 6.45) is 2.50. The van der Waals surface area contributed by atoms with Crippen molar-refractivity contribution in [3.8, 4) is 5.75 Å². The maximum Gasteiger partial charge on any atom is 0.260 e. The normalized spacial score (nSPS) is 15.3. The first-order valence-electron chi connectivity index (χ1n) is 8.94. The quantitative estimate of drug-likeness (QED) is 0.749. The lowest BCUT2D eigenvalue weighted by molar-refractivity contribution is 0.0981. The number of fused-ring (bicyclic) bond motifs is 1. The van der Waals surface area contributed by atoms with Gasteiger partial charge in [0.25, 0.3) is 5.91 Å². The summed E-state index contributed by atoms with van der Waals surface area (Å²) in [5.41, 5.74) is 3.66. The van der Waals surface area contributed by atoms with Gasteiger partial charge in [0, 0.05) is 29.7 Å². The number of carbonyl (C=O) groups is 1. The first kappa shape index (κ1) is 17.1. The highest BCUT2D eigenvalue weighted by Gasteiger charge is 2.31. The van der Waals surface area contributed by atoms with E-state index >= 15 is 0 Å². The molecule has 0 bridgehead atoms. The first-order valence-corrected chi connectivity index (χ1v) is 8.94. The zero-order valence-electron chi connectivity index (χ0n) is 15.3. The minimum absolute atomic E-state index is 0.0205. The number of aromatic nitrogens is 1. The Morgan fingerprint density at radius 3 is 2.78 bits per heavy atom. The summed E-state index contributed by atoms with van der Waals surface area (Å²) in [6, 6.07) is 19.5.